The summed E-state index contributed by atoms with van der Waals surface area (Å²) >= 11 is 0. The fourth-order valence-corrected chi connectivity index (χ4v) is 1.53. The SMILES string of the molecule is O=C(NCc1ccc(F)cc1)C(=O)NCc1ccco1. The minimum atomic E-state index is -0.749. The van der Waals surface area contributed by atoms with Gasteiger partial charge in [-0.25, -0.2) is 4.39 Å². The van der Waals surface area contributed by atoms with E-state index in [4.69, 9.17) is 4.42 Å². The van der Waals surface area contributed by atoms with Gasteiger partial charge in [-0.3, -0.25) is 9.59 Å². The summed E-state index contributed by atoms with van der Waals surface area (Å²) in [5.41, 5.74) is 0.707. The van der Waals surface area contributed by atoms with E-state index in [1.807, 2.05) is 0 Å². The summed E-state index contributed by atoms with van der Waals surface area (Å²) in [4.78, 5) is 23.0. The predicted molar refractivity (Wildman–Crippen MR) is 68.8 cm³/mol. The number of furan rings is 1. The van der Waals surface area contributed by atoms with Gasteiger partial charge in [-0.1, -0.05) is 12.1 Å². The molecule has 0 radical (unpaired) electrons. The molecular weight excluding hydrogens is 263 g/mol. The van der Waals surface area contributed by atoms with Crippen molar-refractivity contribution >= 4 is 11.8 Å². The molecule has 6 heteroatoms. The molecule has 104 valence electrons. The molecule has 5 nitrogen and oxygen atoms in total. The number of amides is 2. The molecule has 2 N–H and O–H groups in total. The van der Waals surface area contributed by atoms with E-state index in [0.29, 0.717) is 11.3 Å². The number of halogens is 1. The van der Waals surface area contributed by atoms with Crippen LogP contribution >= 0.6 is 0 Å². The minimum absolute atomic E-state index is 0.149. The molecule has 0 spiro atoms. The molecule has 2 amide bonds. The molecular formula is C14H13FN2O3. The van der Waals surface area contributed by atoms with Crippen molar-refractivity contribution in [3.8, 4) is 0 Å². The lowest BCUT2D eigenvalue weighted by molar-refractivity contribution is -0.139. The van der Waals surface area contributed by atoms with E-state index in [9.17, 15) is 14.0 Å². The fraction of sp³-hybridized carbons (Fsp3) is 0.143. The lowest BCUT2D eigenvalue weighted by Crippen LogP contribution is -2.39. The normalized spacial score (nSPS) is 10.1. The molecule has 2 aromatic rings. The molecule has 1 aromatic carbocycles. The Morgan fingerprint density at radius 3 is 2.25 bits per heavy atom. The molecule has 20 heavy (non-hydrogen) atoms. The number of carbonyl (C=O) groups is 2. The van der Waals surface area contributed by atoms with E-state index in [1.54, 1.807) is 12.1 Å². The van der Waals surface area contributed by atoms with Crippen LogP contribution in [-0.2, 0) is 22.7 Å². The molecule has 0 aliphatic carbocycles. The van der Waals surface area contributed by atoms with Gasteiger partial charge in [-0.2, -0.15) is 0 Å². The van der Waals surface area contributed by atoms with Crippen molar-refractivity contribution in [2.45, 2.75) is 13.1 Å². The van der Waals surface area contributed by atoms with Gasteiger partial charge in [0.1, 0.15) is 11.6 Å². The Morgan fingerprint density at radius 2 is 1.65 bits per heavy atom. The van der Waals surface area contributed by atoms with E-state index < -0.39 is 11.8 Å². The molecule has 0 bridgehead atoms. The highest BCUT2D eigenvalue weighted by molar-refractivity contribution is 6.35. The summed E-state index contributed by atoms with van der Waals surface area (Å²) in [6, 6.07) is 9.04. The number of hydrogen-bond donors (Lipinski definition) is 2. The van der Waals surface area contributed by atoms with E-state index in [2.05, 4.69) is 10.6 Å². The number of benzene rings is 1. The van der Waals surface area contributed by atoms with Gasteiger partial charge in [-0.05, 0) is 29.8 Å². The first-order valence-electron chi connectivity index (χ1n) is 5.98. The maximum Gasteiger partial charge on any atom is 0.309 e. The maximum absolute atomic E-state index is 12.7. The fourth-order valence-electron chi connectivity index (χ4n) is 1.53. The highest BCUT2D eigenvalue weighted by Crippen LogP contribution is 2.02. The van der Waals surface area contributed by atoms with Crippen LogP contribution in [0.25, 0.3) is 0 Å². The van der Waals surface area contributed by atoms with Crippen LogP contribution in [-0.4, -0.2) is 11.8 Å². The van der Waals surface area contributed by atoms with Gasteiger partial charge in [0.05, 0.1) is 12.8 Å². The van der Waals surface area contributed by atoms with Crippen molar-refractivity contribution in [1.29, 1.82) is 0 Å². The third kappa shape index (κ3) is 3.94. The highest BCUT2D eigenvalue weighted by Gasteiger charge is 2.12. The van der Waals surface area contributed by atoms with Gasteiger partial charge in [0, 0.05) is 6.54 Å². The van der Waals surface area contributed by atoms with E-state index in [-0.39, 0.29) is 18.9 Å². The Bertz CT molecular complexity index is 579. The lowest BCUT2D eigenvalue weighted by Gasteiger charge is -2.05. The summed E-state index contributed by atoms with van der Waals surface area (Å²) in [6.45, 7) is 0.309. The van der Waals surface area contributed by atoms with Crippen molar-refractivity contribution in [2.24, 2.45) is 0 Å². The van der Waals surface area contributed by atoms with Crippen molar-refractivity contribution in [1.82, 2.24) is 10.6 Å². The standard InChI is InChI=1S/C14H13FN2O3/c15-11-5-3-10(4-6-11)8-16-13(18)14(19)17-9-12-2-1-7-20-12/h1-7H,8-9H2,(H,16,18)(H,17,19). The Balaban J connectivity index is 1.76. The van der Waals surface area contributed by atoms with Crippen molar-refractivity contribution in [2.75, 3.05) is 0 Å². The van der Waals surface area contributed by atoms with Gasteiger partial charge in [-0.15, -0.1) is 0 Å². The van der Waals surface area contributed by atoms with Crippen LogP contribution in [0.3, 0.4) is 0 Å². The Kier molecular flexibility index (Phi) is 4.49. The molecule has 0 saturated heterocycles. The largest absolute Gasteiger partial charge is 0.467 e. The second kappa shape index (κ2) is 6.51. The van der Waals surface area contributed by atoms with Gasteiger partial charge < -0.3 is 15.1 Å². The maximum atomic E-state index is 12.7. The highest BCUT2D eigenvalue weighted by atomic mass is 19.1. The first-order chi connectivity index (χ1) is 9.65. The molecule has 0 unspecified atom stereocenters. The van der Waals surface area contributed by atoms with Crippen molar-refractivity contribution in [3.05, 3.63) is 59.8 Å². The molecule has 0 aliphatic rings. The quantitative estimate of drug-likeness (QED) is 0.828. The van der Waals surface area contributed by atoms with E-state index >= 15 is 0 Å². The third-order valence-electron chi connectivity index (χ3n) is 2.58. The molecule has 1 aromatic heterocycles. The van der Waals surface area contributed by atoms with Crippen LogP contribution in [0, 0.1) is 5.82 Å². The predicted octanol–water partition coefficient (Wildman–Crippen LogP) is 1.35. The second-order valence-corrected chi connectivity index (χ2v) is 4.07. The molecule has 0 saturated carbocycles. The monoisotopic (exact) mass is 276 g/mol. The summed E-state index contributed by atoms with van der Waals surface area (Å²) in [5.74, 6) is -1.29. The number of carbonyl (C=O) groups excluding carboxylic acids is 2. The molecule has 0 fully saturated rings. The Labute approximate surface area is 114 Å². The van der Waals surface area contributed by atoms with Crippen molar-refractivity contribution < 1.29 is 18.4 Å². The topological polar surface area (TPSA) is 71.3 Å². The average molecular weight is 276 g/mol. The zero-order chi connectivity index (χ0) is 14.4. The van der Waals surface area contributed by atoms with Crippen LogP contribution in [0.15, 0.2) is 47.1 Å². The van der Waals surface area contributed by atoms with Crippen LogP contribution in [0.2, 0.25) is 0 Å². The zero-order valence-electron chi connectivity index (χ0n) is 10.6. The van der Waals surface area contributed by atoms with Gasteiger partial charge >= 0.3 is 11.8 Å². The summed E-state index contributed by atoms with van der Waals surface area (Å²) in [6.07, 6.45) is 1.48. The van der Waals surface area contributed by atoms with Crippen LogP contribution in [0.1, 0.15) is 11.3 Å². The number of nitrogens with one attached hydrogen (secondary N) is 2. The number of rotatable bonds is 4. The molecule has 0 aliphatic heterocycles. The number of hydrogen-bond acceptors (Lipinski definition) is 3. The summed E-state index contributed by atoms with van der Waals surface area (Å²) < 4.78 is 17.7. The van der Waals surface area contributed by atoms with Gasteiger partial charge in [0.15, 0.2) is 0 Å². The lowest BCUT2D eigenvalue weighted by atomic mass is 10.2. The van der Waals surface area contributed by atoms with E-state index in [0.717, 1.165) is 0 Å². The molecule has 2 rings (SSSR count). The smallest absolute Gasteiger partial charge is 0.309 e. The van der Waals surface area contributed by atoms with Gasteiger partial charge in [0.2, 0.25) is 0 Å². The Hall–Kier alpha value is -2.63. The second-order valence-electron chi connectivity index (χ2n) is 4.07. The van der Waals surface area contributed by atoms with Gasteiger partial charge in [0.25, 0.3) is 0 Å². The van der Waals surface area contributed by atoms with Crippen LogP contribution < -0.4 is 10.6 Å². The first kappa shape index (κ1) is 13.8. The first-order valence-corrected chi connectivity index (χ1v) is 5.98. The van der Waals surface area contributed by atoms with Crippen molar-refractivity contribution in [3.63, 3.8) is 0 Å². The summed E-state index contributed by atoms with van der Waals surface area (Å²) in [5, 5.41) is 4.87. The average Bonchev–Trinajstić information content (AvgIpc) is 2.97. The Morgan fingerprint density at radius 1 is 1.00 bits per heavy atom. The molecule has 1 heterocycles. The summed E-state index contributed by atoms with van der Waals surface area (Å²) in [7, 11) is 0. The third-order valence-corrected chi connectivity index (χ3v) is 2.58. The minimum Gasteiger partial charge on any atom is -0.467 e. The zero-order valence-corrected chi connectivity index (χ0v) is 10.6. The van der Waals surface area contributed by atoms with Crippen LogP contribution in [0.5, 0.6) is 0 Å². The van der Waals surface area contributed by atoms with E-state index in [1.165, 1.54) is 30.5 Å². The molecule has 0 atom stereocenters. The van der Waals surface area contributed by atoms with Crippen LogP contribution in [0.4, 0.5) is 4.39 Å².